The van der Waals surface area contributed by atoms with Gasteiger partial charge in [0.25, 0.3) is 0 Å². The molecular weight excluding hydrogens is 662 g/mol. The molecule has 4 rings (SSSR count). The zero-order chi connectivity index (χ0) is 26.9. The Balaban J connectivity index is 0.000000200. The summed E-state index contributed by atoms with van der Waals surface area (Å²) in [7, 11) is 12.7. The molecule has 4 aromatic carbocycles. The van der Waals surface area contributed by atoms with Gasteiger partial charge in [0.05, 0.1) is 0 Å². The summed E-state index contributed by atoms with van der Waals surface area (Å²) in [6.07, 6.45) is 0. The molecule has 0 nitrogen and oxygen atoms in total. The van der Waals surface area contributed by atoms with Gasteiger partial charge in [-0.05, 0) is 0 Å². The standard InChI is InChI=1S/C12H10Si.2C10H15.2ClH.Hf/c1-3-7-11(8-4-1)13-12-9-5-2-6-10-12;2*1-8-5-6-9(7-8)10(2,3)4;;;/h1-10H;2*5-7H,1-4H3;2*1H;/q;2*-1;;;+2/p-2. The summed E-state index contributed by atoms with van der Waals surface area (Å²) in [5, 5.41) is 2.68. The summed E-state index contributed by atoms with van der Waals surface area (Å²) in [6, 6.07) is 34.1. The number of hydrogen-bond acceptors (Lipinski definition) is 0. The number of halogens is 2. The molecule has 4 heteroatoms. The molecule has 0 saturated carbocycles. The quantitative estimate of drug-likeness (QED) is 0.145. The van der Waals surface area contributed by atoms with Gasteiger partial charge in [-0.3, -0.25) is 0 Å². The van der Waals surface area contributed by atoms with Crippen molar-refractivity contribution in [3.8, 4) is 0 Å². The van der Waals surface area contributed by atoms with Crippen LogP contribution in [0.4, 0.5) is 0 Å². The monoisotopic (exact) mass is 702 g/mol. The van der Waals surface area contributed by atoms with E-state index in [9.17, 15) is 0 Å². The zero-order valence-electron chi connectivity index (χ0n) is 23.0. The molecule has 0 aliphatic rings. The van der Waals surface area contributed by atoms with Crippen LogP contribution in [0.15, 0.2) is 97.1 Å². The van der Waals surface area contributed by atoms with E-state index in [1.54, 1.807) is 0 Å². The minimum absolute atomic E-state index is 0.314. The predicted molar refractivity (Wildman–Crippen MR) is 161 cm³/mol. The molecule has 0 heterocycles. The van der Waals surface area contributed by atoms with Gasteiger partial charge in [0.2, 0.25) is 0 Å². The van der Waals surface area contributed by atoms with Crippen molar-refractivity contribution in [3.63, 3.8) is 0 Å². The third-order valence-electron chi connectivity index (χ3n) is 5.86. The molecule has 0 unspecified atom stereocenters. The third-order valence-corrected chi connectivity index (χ3v) is 27.6. The number of hydrogen-bond donors (Lipinski definition) is 0. The van der Waals surface area contributed by atoms with Crippen molar-refractivity contribution in [2.45, 2.75) is 66.2 Å². The zero-order valence-corrected chi connectivity index (χ0v) is 29.1. The first-order valence-corrected chi connectivity index (χ1v) is 28.2. The number of aryl methyl sites for hydroxylation is 2. The molecule has 0 aliphatic carbocycles. The second-order valence-corrected chi connectivity index (χ2v) is 37.4. The van der Waals surface area contributed by atoms with Gasteiger partial charge < -0.3 is 0 Å². The number of rotatable bonds is 2. The molecule has 0 bridgehead atoms. The van der Waals surface area contributed by atoms with Gasteiger partial charge in [-0.2, -0.15) is 46.5 Å². The van der Waals surface area contributed by atoms with Gasteiger partial charge >= 0.3 is 111 Å². The van der Waals surface area contributed by atoms with Crippen molar-refractivity contribution in [3.05, 3.63) is 119 Å². The first-order chi connectivity index (χ1) is 16.8. The maximum atomic E-state index is 6.34. The normalized spacial score (nSPS) is 11.1. The Bertz CT molecular complexity index is 1120. The van der Waals surface area contributed by atoms with E-state index < -0.39 is 23.2 Å². The Kier molecular flexibility index (Phi) is 12.1. The summed E-state index contributed by atoms with van der Waals surface area (Å²) < 4.78 is 0. The first-order valence-electron chi connectivity index (χ1n) is 12.4. The first kappa shape index (κ1) is 31.0. The van der Waals surface area contributed by atoms with E-state index in [4.69, 9.17) is 17.2 Å². The second-order valence-electron chi connectivity index (χ2n) is 11.2. The van der Waals surface area contributed by atoms with E-state index in [1.807, 2.05) is 12.1 Å². The average molecular weight is 702 g/mol. The topological polar surface area (TPSA) is 0 Å². The van der Waals surface area contributed by atoms with Crippen molar-refractivity contribution >= 4 is 33.0 Å². The fraction of sp³-hybridized carbons (Fsp3) is 0.312. The molecule has 4 aromatic rings. The van der Waals surface area contributed by atoms with Crippen LogP contribution in [0.2, 0.25) is 0 Å². The van der Waals surface area contributed by atoms with Crippen molar-refractivity contribution < 1.29 is 17.7 Å². The van der Waals surface area contributed by atoms with E-state index in [-0.39, 0.29) is 0 Å². The molecule has 0 aliphatic heterocycles. The van der Waals surface area contributed by atoms with Crippen LogP contribution in [-0.2, 0) is 28.5 Å². The summed E-state index contributed by atoms with van der Waals surface area (Å²) in [6.45, 7) is 17.7. The molecule has 192 valence electrons. The number of benzene rings is 2. The molecule has 0 amide bonds. The molecule has 36 heavy (non-hydrogen) atoms. The van der Waals surface area contributed by atoms with Crippen LogP contribution in [0.3, 0.4) is 0 Å². The molecule has 0 radical (unpaired) electrons. The average Bonchev–Trinajstić information content (AvgIpc) is 3.44. The van der Waals surface area contributed by atoms with E-state index in [2.05, 4.69) is 140 Å². The van der Waals surface area contributed by atoms with E-state index in [0.717, 1.165) is 0 Å². The van der Waals surface area contributed by atoms with Gasteiger partial charge in [-0.1, -0.05) is 66.2 Å². The van der Waals surface area contributed by atoms with Gasteiger partial charge in [-0.15, -0.1) is 0 Å². The molecule has 0 fully saturated rings. The van der Waals surface area contributed by atoms with Gasteiger partial charge in [0.15, 0.2) is 0 Å². The second kappa shape index (κ2) is 14.1. The van der Waals surface area contributed by atoms with Gasteiger partial charge in [-0.25, -0.2) is 12.1 Å². The molecule has 0 aromatic heterocycles. The van der Waals surface area contributed by atoms with E-state index in [0.29, 0.717) is 10.8 Å². The molecular formula is C32H40Cl2HfSi-2. The van der Waals surface area contributed by atoms with Gasteiger partial charge in [0.1, 0.15) is 0 Å². The Morgan fingerprint density at radius 2 is 0.944 bits per heavy atom. The molecule has 0 atom stereocenters. The Hall–Kier alpha value is -1.19. The predicted octanol–water partition coefficient (Wildman–Crippen LogP) is 8.74. The summed E-state index contributed by atoms with van der Waals surface area (Å²) in [5.41, 5.74) is 5.36. The fourth-order valence-corrected chi connectivity index (χ4v) is 24.5. The van der Waals surface area contributed by atoms with Crippen LogP contribution in [0.25, 0.3) is 0 Å². The Morgan fingerprint density at radius 3 is 1.14 bits per heavy atom. The van der Waals surface area contributed by atoms with Crippen LogP contribution in [0.1, 0.15) is 63.8 Å². The Morgan fingerprint density at radius 1 is 0.611 bits per heavy atom. The minimum atomic E-state index is -2.41. The van der Waals surface area contributed by atoms with Crippen LogP contribution in [0, 0.1) is 13.8 Å². The van der Waals surface area contributed by atoms with Crippen molar-refractivity contribution in [2.24, 2.45) is 0 Å². The van der Waals surface area contributed by atoms with Crippen molar-refractivity contribution in [1.29, 1.82) is 0 Å². The SMILES string of the molecule is Cc1cc(C(C)(C)C)c[cH-]1.Cc1cc(C(C)(C)C)c[cH-]1.[Cl][Hf]([Cl])=[Si](c1ccccc1)c1ccccc1. The molecule has 0 N–H and O–H groups in total. The Labute approximate surface area is 234 Å². The maximum absolute atomic E-state index is 6.34. The van der Waals surface area contributed by atoms with Crippen LogP contribution in [0.5, 0.6) is 0 Å². The van der Waals surface area contributed by atoms with Crippen molar-refractivity contribution in [1.82, 2.24) is 0 Å². The van der Waals surface area contributed by atoms with Crippen molar-refractivity contribution in [2.75, 3.05) is 0 Å². The van der Waals surface area contributed by atoms with Gasteiger partial charge in [0, 0.05) is 0 Å². The fourth-order valence-electron chi connectivity index (χ4n) is 3.65. The van der Waals surface area contributed by atoms with Crippen LogP contribution < -0.4 is 10.4 Å². The summed E-state index contributed by atoms with van der Waals surface area (Å²) in [5.74, 6) is 0. The van der Waals surface area contributed by atoms with Crippen LogP contribution in [-0.4, -0.2) is 5.49 Å². The van der Waals surface area contributed by atoms with E-state index >= 15 is 0 Å². The summed E-state index contributed by atoms with van der Waals surface area (Å²) in [4.78, 5) is 0. The van der Waals surface area contributed by atoms with E-state index in [1.165, 1.54) is 32.6 Å². The summed E-state index contributed by atoms with van der Waals surface area (Å²) >= 11 is -2.41. The molecule has 0 spiro atoms. The third kappa shape index (κ3) is 10.3. The molecule has 0 saturated heterocycles. The van der Waals surface area contributed by atoms with Crippen LogP contribution >= 0.6 is 17.2 Å².